The number of nitrogens with two attached hydrogens (primary N) is 1. The largest absolute Gasteiger partial charge is 0.480 e. The molecule has 0 aromatic heterocycles. The Kier molecular flexibility index (Phi) is 3.34. The van der Waals surface area contributed by atoms with Gasteiger partial charge in [-0.2, -0.15) is 0 Å². The van der Waals surface area contributed by atoms with E-state index in [4.69, 9.17) is 10.8 Å². The van der Waals surface area contributed by atoms with Crippen LogP contribution in [-0.2, 0) is 9.59 Å². The van der Waals surface area contributed by atoms with E-state index in [1.54, 1.807) is 13.8 Å². The van der Waals surface area contributed by atoms with Crippen molar-refractivity contribution in [1.82, 2.24) is 4.90 Å². The summed E-state index contributed by atoms with van der Waals surface area (Å²) in [6, 6.07) is 0. The van der Waals surface area contributed by atoms with Crippen LogP contribution in [0.1, 0.15) is 26.7 Å². The fourth-order valence-electron chi connectivity index (χ4n) is 1.69. The number of aliphatic carboxylic acids is 1. The number of carbonyl (C=O) groups excluding carboxylic acids is 1. The van der Waals surface area contributed by atoms with Crippen LogP contribution in [-0.4, -0.2) is 40.5 Å². The van der Waals surface area contributed by atoms with Crippen molar-refractivity contribution in [3.63, 3.8) is 0 Å². The van der Waals surface area contributed by atoms with E-state index < -0.39 is 11.5 Å². The molecule has 3 N–H and O–H groups in total. The van der Waals surface area contributed by atoms with Crippen LogP contribution in [0.15, 0.2) is 0 Å². The van der Waals surface area contributed by atoms with Gasteiger partial charge in [0.25, 0.3) is 0 Å². The molecule has 0 radical (unpaired) electrons. The maximum absolute atomic E-state index is 12.0. The Morgan fingerprint density at radius 2 is 2.07 bits per heavy atom. The van der Waals surface area contributed by atoms with Gasteiger partial charge < -0.3 is 15.7 Å². The van der Waals surface area contributed by atoms with Gasteiger partial charge in [-0.05, 0) is 32.6 Å². The zero-order valence-electron chi connectivity index (χ0n) is 9.19. The molecule has 1 aliphatic rings. The van der Waals surface area contributed by atoms with Gasteiger partial charge >= 0.3 is 5.97 Å². The molecular weight excluding hydrogens is 196 g/mol. The molecule has 1 atom stereocenters. The van der Waals surface area contributed by atoms with Gasteiger partial charge in [-0.3, -0.25) is 9.59 Å². The van der Waals surface area contributed by atoms with Crippen molar-refractivity contribution < 1.29 is 14.7 Å². The molecule has 0 bridgehead atoms. The third-order valence-corrected chi connectivity index (χ3v) is 2.88. The van der Waals surface area contributed by atoms with Crippen LogP contribution in [0, 0.1) is 5.92 Å². The van der Waals surface area contributed by atoms with Crippen LogP contribution in [0.3, 0.4) is 0 Å². The van der Waals surface area contributed by atoms with Crippen molar-refractivity contribution in [2.24, 2.45) is 11.7 Å². The molecule has 5 heteroatoms. The number of rotatable bonds is 5. The second-order valence-corrected chi connectivity index (χ2v) is 4.27. The Morgan fingerprint density at radius 3 is 2.40 bits per heavy atom. The van der Waals surface area contributed by atoms with E-state index in [2.05, 4.69) is 0 Å². The highest BCUT2D eigenvalue weighted by Crippen LogP contribution is 2.38. The van der Waals surface area contributed by atoms with Gasteiger partial charge in [0.15, 0.2) is 0 Å². The van der Waals surface area contributed by atoms with Crippen LogP contribution < -0.4 is 5.73 Å². The molecule has 0 spiro atoms. The first-order chi connectivity index (χ1) is 6.89. The van der Waals surface area contributed by atoms with E-state index >= 15 is 0 Å². The molecule has 5 nitrogen and oxygen atoms in total. The average Bonchev–Trinajstić information content (AvgIpc) is 2.95. The molecule has 0 heterocycles. The van der Waals surface area contributed by atoms with Gasteiger partial charge in [0, 0.05) is 6.54 Å². The SMILES string of the molecule is CCN(CC(=O)O)C(=O)C(C)(N)C1CC1. The number of nitrogens with zero attached hydrogens (tertiary/aromatic N) is 1. The highest BCUT2D eigenvalue weighted by molar-refractivity contribution is 5.89. The van der Waals surface area contributed by atoms with Crippen LogP contribution in [0.25, 0.3) is 0 Å². The molecule has 15 heavy (non-hydrogen) atoms. The van der Waals surface area contributed by atoms with Gasteiger partial charge in [0.2, 0.25) is 5.91 Å². The van der Waals surface area contributed by atoms with Gasteiger partial charge in [-0.25, -0.2) is 0 Å². The lowest BCUT2D eigenvalue weighted by atomic mass is 9.95. The topological polar surface area (TPSA) is 83.6 Å². The Morgan fingerprint density at radius 1 is 1.53 bits per heavy atom. The van der Waals surface area contributed by atoms with Crippen LogP contribution in [0.2, 0.25) is 0 Å². The van der Waals surface area contributed by atoms with E-state index in [1.807, 2.05) is 0 Å². The van der Waals surface area contributed by atoms with E-state index in [9.17, 15) is 9.59 Å². The number of carboxylic acids is 1. The molecule has 1 rings (SSSR count). The van der Waals surface area contributed by atoms with Crippen molar-refractivity contribution in [1.29, 1.82) is 0 Å². The maximum atomic E-state index is 12.0. The molecule has 86 valence electrons. The lowest BCUT2D eigenvalue weighted by Gasteiger charge is -2.30. The van der Waals surface area contributed by atoms with Crippen molar-refractivity contribution in [2.45, 2.75) is 32.2 Å². The Labute approximate surface area is 89.2 Å². The lowest BCUT2D eigenvalue weighted by Crippen LogP contribution is -2.55. The minimum Gasteiger partial charge on any atom is -0.480 e. The minimum absolute atomic E-state index is 0.216. The molecule has 1 amide bonds. The quantitative estimate of drug-likeness (QED) is 0.677. The van der Waals surface area contributed by atoms with Crippen LogP contribution >= 0.6 is 0 Å². The standard InChI is InChI=1S/C10H18N2O3/c1-3-12(6-8(13)14)9(15)10(2,11)7-4-5-7/h7H,3-6,11H2,1-2H3,(H,13,14). The minimum atomic E-state index is -1.00. The van der Waals surface area contributed by atoms with Crippen molar-refractivity contribution in [3.8, 4) is 0 Å². The summed E-state index contributed by atoms with van der Waals surface area (Å²) < 4.78 is 0. The summed E-state index contributed by atoms with van der Waals surface area (Å²) in [4.78, 5) is 23.8. The number of likely N-dealkylation sites (N-methyl/N-ethyl adjacent to an activating group) is 1. The summed E-state index contributed by atoms with van der Waals surface area (Å²) in [6.45, 7) is 3.56. The zero-order chi connectivity index (χ0) is 11.6. The molecule has 0 saturated heterocycles. The number of amides is 1. The average molecular weight is 214 g/mol. The first kappa shape index (κ1) is 12.0. The van der Waals surface area contributed by atoms with Gasteiger partial charge in [-0.1, -0.05) is 0 Å². The van der Waals surface area contributed by atoms with Crippen molar-refractivity contribution in [2.75, 3.05) is 13.1 Å². The van der Waals surface area contributed by atoms with Gasteiger partial charge in [0.05, 0.1) is 5.54 Å². The smallest absolute Gasteiger partial charge is 0.323 e. The molecule has 1 saturated carbocycles. The second-order valence-electron chi connectivity index (χ2n) is 4.27. The predicted molar refractivity (Wildman–Crippen MR) is 55.2 cm³/mol. The Hall–Kier alpha value is -1.10. The lowest BCUT2D eigenvalue weighted by molar-refractivity contribution is -0.146. The zero-order valence-corrected chi connectivity index (χ0v) is 9.19. The van der Waals surface area contributed by atoms with Gasteiger partial charge in [0.1, 0.15) is 6.54 Å². The number of carbonyl (C=O) groups is 2. The summed E-state index contributed by atoms with van der Waals surface area (Å²) in [7, 11) is 0. The summed E-state index contributed by atoms with van der Waals surface area (Å²) in [5.74, 6) is -1.04. The van der Waals surface area contributed by atoms with Crippen molar-refractivity contribution in [3.05, 3.63) is 0 Å². The molecule has 1 aliphatic carbocycles. The molecule has 1 fully saturated rings. The molecule has 0 aliphatic heterocycles. The summed E-state index contributed by atoms with van der Waals surface area (Å²) in [5, 5.41) is 8.65. The molecule has 0 aromatic rings. The monoisotopic (exact) mass is 214 g/mol. The molecule has 0 aromatic carbocycles. The fourth-order valence-corrected chi connectivity index (χ4v) is 1.69. The first-order valence-electron chi connectivity index (χ1n) is 5.19. The van der Waals surface area contributed by atoms with Crippen LogP contribution in [0.4, 0.5) is 0 Å². The van der Waals surface area contributed by atoms with Crippen LogP contribution in [0.5, 0.6) is 0 Å². The van der Waals surface area contributed by atoms with Crippen molar-refractivity contribution >= 4 is 11.9 Å². The Bertz CT molecular complexity index is 272. The fraction of sp³-hybridized carbons (Fsp3) is 0.800. The highest BCUT2D eigenvalue weighted by Gasteiger charge is 2.45. The highest BCUT2D eigenvalue weighted by atomic mass is 16.4. The number of hydrogen-bond acceptors (Lipinski definition) is 3. The van der Waals surface area contributed by atoms with E-state index in [0.717, 1.165) is 12.8 Å². The van der Waals surface area contributed by atoms with E-state index in [-0.39, 0.29) is 18.4 Å². The number of hydrogen-bond donors (Lipinski definition) is 2. The molecular formula is C10H18N2O3. The summed E-state index contributed by atoms with van der Waals surface area (Å²) >= 11 is 0. The third-order valence-electron chi connectivity index (χ3n) is 2.88. The summed E-state index contributed by atoms with van der Waals surface area (Å²) in [5.41, 5.74) is 5.04. The van der Waals surface area contributed by atoms with E-state index in [1.165, 1.54) is 4.90 Å². The first-order valence-corrected chi connectivity index (χ1v) is 5.19. The summed E-state index contributed by atoms with van der Waals surface area (Å²) in [6.07, 6.45) is 1.92. The van der Waals surface area contributed by atoms with Gasteiger partial charge in [-0.15, -0.1) is 0 Å². The predicted octanol–water partition coefficient (Wildman–Crippen LogP) is 0.0469. The second kappa shape index (κ2) is 4.18. The Balaban J connectivity index is 2.66. The third kappa shape index (κ3) is 2.68. The maximum Gasteiger partial charge on any atom is 0.323 e. The molecule has 1 unspecified atom stereocenters. The normalized spacial score (nSPS) is 19.4. The van der Waals surface area contributed by atoms with E-state index in [0.29, 0.717) is 6.54 Å². The number of carboxylic acid groups (broad SMARTS) is 1.